The van der Waals surface area contributed by atoms with Crippen molar-refractivity contribution in [1.29, 1.82) is 0 Å². The Labute approximate surface area is 157 Å². The average molecular weight is 371 g/mol. The molecule has 1 heterocycles. The molecule has 7 nitrogen and oxygen atoms in total. The minimum atomic E-state index is -0.961. The van der Waals surface area contributed by atoms with Gasteiger partial charge in [-0.05, 0) is 50.2 Å². The van der Waals surface area contributed by atoms with Gasteiger partial charge in [-0.3, -0.25) is 4.79 Å². The van der Waals surface area contributed by atoms with Crippen molar-refractivity contribution in [3.8, 4) is 17.2 Å². The van der Waals surface area contributed by atoms with Crippen LogP contribution in [-0.4, -0.2) is 37.8 Å². The van der Waals surface area contributed by atoms with Crippen LogP contribution in [0.3, 0.4) is 0 Å². The molecule has 7 heteroatoms. The molecular formula is C20H21NO6. The van der Waals surface area contributed by atoms with Gasteiger partial charge in [-0.25, -0.2) is 4.79 Å². The maximum Gasteiger partial charge on any atom is 0.338 e. The van der Waals surface area contributed by atoms with Crippen molar-refractivity contribution in [3.63, 3.8) is 0 Å². The minimum Gasteiger partial charge on any atom is -0.494 e. The van der Waals surface area contributed by atoms with Crippen LogP contribution < -0.4 is 19.5 Å². The second-order valence-corrected chi connectivity index (χ2v) is 5.85. The van der Waals surface area contributed by atoms with Gasteiger partial charge in [-0.15, -0.1) is 0 Å². The molecule has 1 N–H and O–H groups in total. The van der Waals surface area contributed by atoms with Crippen molar-refractivity contribution in [1.82, 2.24) is 0 Å². The number of fused-ring (bicyclic) bond motifs is 1. The molecule has 142 valence electrons. The van der Waals surface area contributed by atoms with E-state index in [2.05, 4.69) is 5.32 Å². The minimum absolute atomic E-state index is 0.345. The van der Waals surface area contributed by atoms with Crippen molar-refractivity contribution in [2.45, 2.75) is 20.0 Å². The number of anilines is 1. The van der Waals surface area contributed by atoms with E-state index in [0.717, 1.165) is 0 Å². The molecule has 0 saturated heterocycles. The third-order valence-electron chi connectivity index (χ3n) is 3.86. The molecule has 2 aromatic rings. The Morgan fingerprint density at radius 3 is 2.48 bits per heavy atom. The largest absolute Gasteiger partial charge is 0.494 e. The molecule has 1 aliphatic rings. The number of rotatable bonds is 6. The molecule has 0 spiro atoms. The van der Waals surface area contributed by atoms with Crippen LogP contribution in [0.15, 0.2) is 42.5 Å². The second kappa shape index (κ2) is 8.44. The lowest BCUT2D eigenvalue weighted by atomic mass is 10.2. The van der Waals surface area contributed by atoms with Gasteiger partial charge in [0.2, 0.25) is 0 Å². The summed E-state index contributed by atoms with van der Waals surface area (Å²) >= 11 is 0. The van der Waals surface area contributed by atoms with Gasteiger partial charge < -0.3 is 24.3 Å². The smallest absolute Gasteiger partial charge is 0.338 e. The van der Waals surface area contributed by atoms with Gasteiger partial charge in [0.25, 0.3) is 5.91 Å². The molecule has 0 fully saturated rings. The quantitative estimate of drug-likeness (QED) is 0.786. The molecule has 0 saturated carbocycles. The lowest BCUT2D eigenvalue weighted by Gasteiger charge is -2.19. The van der Waals surface area contributed by atoms with E-state index in [9.17, 15) is 9.59 Å². The summed E-state index contributed by atoms with van der Waals surface area (Å²) in [5.41, 5.74) is 0.880. The first kappa shape index (κ1) is 18.6. The first-order chi connectivity index (χ1) is 13.1. The number of esters is 1. The molecule has 3 rings (SSSR count). The predicted molar refractivity (Wildman–Crippen MR) is 98.6 cm³/mol. The van der Waals surface area contributed by atoms with Crippen molar-refractivity contribution in [2.75, 3.05) is 25.1 Å². The maximum atomic E-state index is 12.3. The van der Waals surface area contributed by atoms with E-state index in [1.165, 1.54) is 6.92 Å². The first-order valence-electron chi connectivity index (χ1n) is 8.71. The van der Waals surface area contributed by atoms with Gasteiger partial charge >= 0.3 is 5.97 Å². The molecule has 27 heavy (non-hydrogen) atoms. The van der Waals surface area contributed by atoms with Crippen LogP contribution in [0, 0.1) is 0 Å². The molecule has 0 aliphatic carbocycles. The molecular weight excluding hydrogens is 350 g/mol. The number of carbonyl (C=O) groups excluding carboxylic acids is 2. The Balaban J connectivity index is 1.57. The van der Waals surface area contributed by atoms with Crippen LogP contribution in [-0.2, 0) is 9.53 Å². The number of hydrogen-bond donors (Lipinski definition) is 1. The Morgan fingerprint density at radius 2 is 1.78 bits per heavy atom. The topological polar surface area (TPSA) is 83.1 Å². The summed E-state index contributed by atoms with van der Waals surface area (Å²) in [4.78, 5) is 24.5. The summed E-state index contributed by atoms with van der Waals surface area (Å²) in [6.45, 7) is 4.89. The molecule has 0 radical (unpaired) electrons. The summed E-state index contributed by atoms with van der Waals surface area (Å²) in [6.07, 6.45) is -0.961. The Bertz CT molecular complexity index is 818. The SMILES string of the molecule is CCOc1ccc(C(=O)OC(C)C(=O)Nc2ccc3c(c2)OCCO3)cc1. The monoisotopic (exact) mass is 371 g/mol. The third kappa shape index (κ3) is 4.69. The first-order valence-corrected chi connectivity index (χ1v) is 8.71. The van der Waals surface area contributed by atoms with E-state index in [0.29, 0.717) is 48.3 Å². The van der Waals surface area contributed by atoms with Gasteiger partial charge in [0.05, 0.1) is 12.2 Å². The van der Waals surface area contributed by atoms with Crippen molar-refractivity contribution in [2.24, 2.45) is 0 Å². The van der Waals surface area contributed by atoms with Crippen molar-refractivity contribution >= 4 is 17.6 Å². The zero-order valence-electron chi connectivity index (χ0n) is 15.2. The van der Waals surface area contributed by atoms with Crippen LogP contribution in [0.5, 0.6) is 17.2 Å². The van der Waals surface area contributed by atoms with Gasteiger partial charge in [-0.1, -0.05) is 0 Å². The lowest BCUT2D eigenvalue weighted by Crippen LogP contribution is -2.30. The van der Waals surface area contributed by atoms with E-state index in [1.54, 1.807) is 42.5 Å². The summed E-state index contributed by atoms with van der Waals surface area (Å²) in [7, 11) is 0. The second-order valence-electron chi connectivity index (χ2n) is 5.85. The molecule has 0 bridgehead atoms. The molecule has 0 aromatic heterocycles. The average Bonchev–Trinajstić information content (AvgIpc) is 2.68. The molecule has 1 amide bonds. The van der Waals surface area contributed by atoms with Crippen LogP contribution >= 0.6 is 0 Å². The van der Waals surface area contributed by atoms with E-state index < -0.39 is 18.0 Å². The number of nitrogens with one attached hydrogen (secondary N) is 1. The number of hydrogen-bond acceptors (Lipinski definition) is 6. The zero-order chi connectivity index (χ0) is 19.2. The number of ether oxygens (including phenoxy) is 4. The molecule has 1 aliphatic heterocycles. The van der Waals surface area contributed by atoms with Crippen molar-refractivity contribution in [3.05, 3.63) is 48.0 Å². The summed E-state index contributed by atoms with van der Waals surface area (Å²) < 4.78 is 21.5. The Hall–Kier alpha value is -3.22. The van der Waals surface area contributed by atoms with Gasteiger partial charge in [0, 0.05) is 11.8 Å². The maximum absolute atomic E-state index is 12.3. The molecule has 2 aromatic carbocycles. The fourth-order valence-electron chi connectivity index (χ4n) is 2.50. The summed E-state index contributed by atoms with van der Waals surface area (Å²) in [5.74, 6) is 0.847. The summed E-state index contributed by atoms with van der Waals surface area (Å²) in [6, 6.07) is 11.7. The Kier molecular flexibility index (Phi) is 5.80. The van der Waals surface area contributed by atoms with Gasteiger partial charge in [0.15, 0.2) is 17.6 Å². The third-order valence-corrected chi connectivity index (χ3v) is 3.86. The fourth-order valence-corrected chi connectivity index (χ4v) is 2.50. The highest BCUT2D eigenvalue weighted by atomic mass is 16.6. The van der Waals surface area contributed by atoms with Gasteiger partial charge in [0.1, 0.15) is 19.0 Å². The highest BCUT2D eigenvalue weighted by Crippen LogP contribution is 2.32. The van der Waals surface area contributed by atoms with E-state index in [-0.39, 0.29) is 0 Å². The number of carbonyl (C=O) groups is 2. The normalized spacial score (nSPS) is 13.4. The Morgan fingerprint density at radius 1 is 1.07 bits per heavy atom. The van der Waals surface area contributed by atoms with E-state index in [1.807, 2.05) is 6.92 Å². The predicted octanol–water partition coefficient (Wildman–Crippen LogP) is 3.04. The fraction of sp³-hybridized carbons (Fsp3) is 0.300. The van der Waals surface area contributed by atoms with Crippen LogP contribution in [0.25, 0.3) is 0 Å². The standard InChI is InChI=1S/C20H21NO6/c1-3-24-16-7-4-14(5-8-16)20(23)27-13(2)19(22)21-15-6-9-17-18(12-15)26-11-10-25-17/h4-9,12-13H,3,10-11H2,1-2H3,(H,21,22). The molecule has 1 unspecified atom stereocenters. The van der Waals surface area contributed by atoms with E-state index >= 15 is 0 Å². The van der Waals surface area contributed by atoms with Crippen LogP contribution in [0.1, 0.15) is 24.2 Å². The lowest BCUT2D eigenvalue weighted by molar-refractivity contribution is -0.123. The van der Waals surface area contributed by atoms with Gasteiger partial charge in [-0.2, -0.15) is 0 Å². The number of amides is 1. The highest BCUT2D eigenvalue weighted by molar-refractivity contribution is 5.97. The van der Waals surface area contributed by atoms with Crippen LogP contribution in [0.4, 0.5) is 5.69 Å². The molecule has 1 atom stereocenters. The van der Waals surface area contributed by atoms with Crippen LogP contribution in [0.2, 0.25) is 0 Å². The zero-order valence-corrected chi connectivity index (χ0v) is 15.2. The van der Waals surface area contributed by atoms with E-state index in [4.69, 9.17) is 18.9 Å². The highest BCUT2D eigenvalue weighted by Gasteiger charge is 2.20. The summed E-state index contributed by atoms with van der Waals surface area (Å²) in [5, 5.41) is 2.70. The van der Waals surface area contributed by atoms with Crippen molar-refractivity contribution < 1.29 is 28.5 Å². The number of benzene rings is 2.